The lowest BCUT2D eigenvalue weighted by atomic mass is 10.0. The molecular formula is C18H23N5O3. The molecule has 2 aromatic rings. The Balaban J connectivity index is 2.04. The van der Waals surface area contributed by atoms with Gasteiger partial charge in [-0.15, -0.1) is 0 Å². The summed E-state index contributed by atoms with van der Waals surface area (Å²) in [6.45, 7) is 2.55. The molecule has 1 aliphatic rings. The van der Waals surface area contributed by atoms with Crippen LogP contribution in [0.25, 0.3) is 11.4 Å². The fourth-order valence-corrected chi connectivity index (χ4v) is 3.09. The van der Waals surface area contributed by atoms with Gasteiger partial charge in [0.15, 0.2) is 5.82 Å². The van der Waals surface area contributed by atoms with Crippen LogP contribution in [-0.4, -0.2) is 68.8 Å². The maximum atomic E-state index is 11.8. The summed E-state index contributed by atoms with van der Waals surface area (Å²) in [4.78, 5) is 28.8. The van der Waals surface area contributed by atoms with Crippen molar-refractivity contribution in [2.24, 2.45) is 0 Å². The fraction of sp³-hybridized carbons (Fsp3) is 0.444. The third kappa shape index (κ3) is 3.81. The average Bonchev–Trinajstić information content (AvgIpc) is 2.67. The third-order valence-corrected chi connectivity index (χ3v) is 4.48. The van der Waals surface area contributed by atoms with Gasteiger partial charge >= 0.3 is 0 Å². The molecule has 1 atom stereocenters. The third-order valence-electron chi connectivity index (χ3n) is 4.48. The summed E-state index contributed by atoms with van der Waals surface area (Å²) < 4.78 is 0. The highest BCUT2D eigenvalue weighted by Crippen LogP contribution is 2.29. The molecule has 2 N–H and O–H groups in total. The van der Waals surface area contributed by atoms with Crippen molar-refractivity contribution >= 4 is 11.7 Å². The van der Waals surface area contributed by atoms with Crippen LogP contribution in [0.5, 0.6) is 0 Å². The van der Waals surface area contributed by atoms with Crippen LogP contribution in [0.1, 0.15) is 18.2 Å². The summed E-state index contributed by atoms with van der Waals surface area (Å²) in [5, 5.41) is 18.9. The number of hydrogen-bond donors (Lipinski definition) is 2. The lowest BCUT2D eigenvalue weighted by Gasteiger charge is -2.31. The number of carbonyl (C=O) groups is 1. The minimum Gasteiger partial charge on any atom is -0.394 e. The van der Waals surface area contributed by atoms with E-state index in [0.717, 1.165) is 22.6 Å². The summed E-state index contributed by atoms with van der Waals surface area (Å²) in [6, 6.07) is 3.67. The number of amides is 1. The Morgan fingerprint density at radius 1 is 1.35 bits per heavy atom. The first-order valence-electron chi connectivity index (χ1n) is 8.55. The zero-order valence-electron chi connectivity index (χ0n) is 15.0. The van der Waals surface area contributed by atoms with Crippen molar-refractivity contribution in [3.63, 3.8) is 0 Å². The summed E-state index contributed by atoms with van der Waals surface area (Å²) in [6.07, 6.45) is 3.16. The zero-order chi connectivity index (χ0) is 18.7. The molecule has 3 heterocycles. The van der Waals surface area contributed by atoms with Crippen molar-refractivity contribution in [3.05, 3.63) is 35.8 Å². The number of anilines is 1. The Morgan fingerprint density at radius 2 is 2.08 bits per heavy atom. The molecule has 8 heteroatoms. The first kappa shape index (κ1) is 18.2. The second-order valence-corrected chi connectivity index (χ2v) is 6.44. The highest BCUT2D eigenvalue weighted by molar-refractivity contribution is 5.74. The van der Waals surface area contributed by atoms with Gasteiger partial charge in [-0.3, -0.25) is 9.78 Å². The largest absolute Gasteiger partial charge is 0.394 e. The van der Waals surface area contributed by atoms with Crippen LogP contribution in [0.4, 0.5) is 5.82 Å². The van der Waals surface area contributed by atoms with E-state index in [2.05, 4.69) is 9.97 Å². The van der Waals surface area contributed by atoms with E-state index in [1.165, 1.54) is 0 Å². The molecule has 0 fully saturated rings. The highest BCUT2D eigenvalue weighted by atomic mass is 16.3. The number of likely N-dealkylation sites (N-methyl/N-ethyl adjacent to an activating group) is 1. The first-order chi connectivity index (χ1) is 12.5. The number of aliphatic hydroxyl groups is 2. The van der Waals surface area contributed by atoms with Gasteiger partial charge in [0, 0.05) is 50.6 Å². The van der Waals surface area contributed by atoms with E-state index in [4.69, 9.17) is 10.1 Å². The molecular weight excluding hydrogens is 334 g/mol. The van der Waals surface area contributed by atoms with Gasteiger partial charge in [0.25, 0.3) is 0 Å². The Bertz CT molecular complexity index is 784. The number of nitrogens with zero attached hydrogens (tertiary/aromatic N) is 5. The Morgan fingerprint density at radius 3 is 2.73 bits per heavy atom. The minimum absolute atomic E-state index is 0.0188. The second kappa shape index (κ2) is 7.76. The van der Waals surface area contributed by atoms with Crippen LogP contribution in [0, 0.1) is 0 Å². The SMILES string of the molecule is CC(=O)N1CCc2c(nc(-c3ccncc3)nc2N(C)C[C@@H](O)CO)C1. The van der Waals surface area contributed by atoms with E-state index >= 15 is 0 Å². The molecule has 1 amide bonds. The number of hydrogen-bond acceptors (Lipinski definition) is 7. The van der Waals surface area contributed by atoms with Gasteiger partial charge < -0.3 is 20.0 Å². The van der Waals surface area contributed by atoms with Crippen LogP contribution in [0.2, 0.25) is 0 Å². The first-order valence-corrected chi connectivity index (χ1v) is 8.55. The number of pyridine rings is 1. The quantitative estimate of drug-likeness (QED) is 0.790. The molecule has 0 aromatic carbocycles. The molecule has 0 unspecified atom stereocenters. The van der Waals surface area contributed by atoms with Crippen molar-refractivity contribution in [3.8, 4) is 11.4 Å². The summed E-state index contributed by atoms with van der Waals surface area (Å²) >= 11 is 0. The number of aliphatic hydroxyl groups excluding tert-OH is 2. The Kier molecular flexibility index (Phi) is 5.43. The van der Waals surface area contributed by atoms with E-state index in [1.54, 1.807) is 24.2 Å². The molecule has 138 valence electrons. The summed E-state index contributed by atoms with van der Waals surface area (Å²) in [5.74, 6) is 1.29. The molecule has 0 saturated heterocycles. The van der Waals surface area contributed by atoms with Gasteiger partial charge in [0.1, 0.15) is 5.82 Å². The molecule has 0 radical (unpaired) electrons. The van der Waals surface area contributed by atoms with Gasteiger partial charge in [-0.05, 0) is 18.6 Å². The molecule has 0 aliphatic carbocycles. The molecule has 26 heavy (non-hydrogen) atoms. The number of rotatable bonds is 5. The fourth-order valence-electron chi connectivity index (χ4n) is 3.09. The monoisotopic (exact) mass is 357 g/mol. The maximum absolute atomic E-state index is 11.8. The minimum atomic E-state index is -0.854. The Labute approximate surface area is 152 Å². The predicted octanol–water partition coefficient (Wildman–Crippen LogP) is 0.233. The van der Waals surface area contributed by atoms with Crippen molar-refractivity contribution < 1.29 is 15.0 Å². The lowest BCUT2D eigenvalue weighted by molar-refractivity contribution is -0.129. The van der Waals surface area contributed by atoms with Crippen molar-refractivity contribution in [2.75, 3.05) is 31.6 Å². The van der Waals surface area contributed by atoms with Crippen LogP contribution >= 0.6 is 0 Å². The van der Waals surface area contributed by atoms with Crippen molar-refractivity contribution in [1.29, 1.82) is 0 Å². The van der Waals surface area contributed by atoms with Crippen LogP contribution in [0.15, 0.2) is 24.5 Å². The van der Waals surface area contributed by atoms with Gasteiger partial charge in [0.05, 0.1) is 24.9 Å². The van der Waals surface area contributed by atoms with Gasteiger partial charge in [-0.25, -0.2) is 9.97 Å². The molecule has 0 bridgehead atoms. The molecule has 0 saturated carbocycles. The zero-order valence-corrected chi connectivity index (χ0v) is 15.0. The molecule has 1 aliphatic heterocycles. The van der Waals surface area contributed by atoms with E-state index in [0.29, 0.717) is 25.3 Å². The van der Waals surface area contributed by atoms with E-state index in [1.807, 2.05) is 24.1 Å². The summed E-state index contributed by atoms with van der Waals surface area (Å²) in [7, 11) is 1.83. The topological polar surface area (TPSA) is 103 Å². The number of aromatic nitrogens is 3. The molecule has 0 spiro atoms. The van der Waals surface area contributed by atoms with Crippen LogP contribution in [-0.2, 0) is 17.8 Å². The van der Waals surface area contributed by atoms with E-state index in [9.17, 15) is 9.90 Å². The average molecular weight is 357 g/mol. The number of fused-ring (bicyclic) bond motifs is 1. The van der Waals surface area contributed by atoms with E-state index < -0.39 is 6.10 Å². The maximum Gasteiger partial charge on any atom is 0.219 e. The molecule has 2 aromatic heterocycles. The van der Waals surface area contributed by atoms with E-state index in [-0.39, 0.29) is 19.1 Å². The molecule has 3 rings (SSSR count). The molecule has 8 nitrogen and oxygen atoms in total. The number of carbonyl (C=O) groups excluding carboxylic acids is 1. The predicted molar refractivity (Wildman–Crippen MR) is 96.4 cm³/mol. The van der Waals surface area contributed by atoms with Crippen molar-refractivity contribution in [1.82, 2.24) is 19.9 Å². The van der Waals surface area contributed by atoms with Gasteiger partial charge in [-0.1, -0.05) is 0 Å². The normalized spacial score (nSPS) is 14.7. The lowest BCUT2D eigenvalue weighted by Crippen LogP contribution is -2.37. The standard InChI is InChI=1S/C18H23N5O3/c1-12(25)23-8-5-15-16(10-23)20-17(13-3-6-19-7-4-13)21-18(15)22(2)9-14(26)11-24/h3-4,6-7,14,24,26H,5,8-11H2,1-2H3/t14-/m1/s1. The highest BCUT2D eigenvalue weighted by Gasteiger charge is 2.26. The van der Waals surface area contributed by atoms with Crippen molar-refractivity contribution in [2.45, 2.75) is 26.0 Å². The smallest absolute Gasteiger partial charge is 0.219 e. The van der Waals surface area contributed by atoms with Crippen LogP contribution < -0.4 is 4.90 Å². The Hall–Kier alpha value is -2.58. The summed E-state index contributed by atoms with van der Waals surface area (Å²) in [5.41, 5.74) is 2.63. The van der Waals surface area contributed by atoms with Gasteiger partial charge in [0.2, 0.25) is 5.91 Å². The second-order valence-electron chi connectivity index (χ2n) is 6.44. The van der Waals surface area contributed by atoms with Gasteiger partial charge in [-0.2, -0.15) is 0 Å². The van der Waals surface area contributed by atoms with Crippen LogP contribution in [0.3, 0.4) is 0 Å².